The molecule has 4 nitrogen and oxygen atoms in total. The van der Waals surface area contributed by atoms with Crippen molar-refractivity contribution in [3.8, 4) is 5.75 Å². The average molecular weight is 194 g/mol. The van der Waals surface area contributed by atoms with Crippen LogP contribution in [0.25, 0.3) is 0 Å². The number of nitrogens with two attached hydrogens (primary N) is 1. The first-order chi connectivity index (χ1) is 6.60. The van der Waals surface area contributed by atoms with Gasteiger partial charge in [0.1, 0.15) is 5.75 Å². The number of hydrazine groups is 1. The highest BCUT2D eigenvalue weighted by Crippen LogP contribution is 2.22. The molecular formula is C10H14N2O2. The van der Waals surface area contributed by atoms with E-state index in [4.69, 9.17) is 10.6 Å². The fraction of sp³-hybridized carbons (Fsp3) is 0.300. The van der Waals surface area contributed by atoms with E-state index in [2.05, 4.69) is 5.43 Å². The second kappa shape index (κ2) is 4.11. The standard InChI is InChI=1S/C10H14N2O2/c1-6-4-8(10(13)12-11)9(14-3)5-7(6)2/h4-5H,11H2,1-3H3,(H,12,13). The van der Waals surface area contributed by atoms with Crippen LogP contribution < -0.4 is 16.0 Å². The number of nitrogen functional groups attached to an aromatic ring is 1. The highest BCUT2D eigenvalue weighted by atomic mass is 16.5. The Labute approximate surface area is 83.0 Å². The number of carbonyl (C=O) groups excluding carboxylic acids is 1. The zero-order valence-electron chi connectivity index (χ0n) is 8.55. The molecule has 4 heteroatoms. The maximum absolute atomic E-state index is 11.3. The third kappa shape index (κ3) is 1.85. The Hall–Kier alpha value is -1.55. The molecule has 0 aliphatic carbocycles. The van der Waals surface area contributed by atoms with Gasteiger partial charge in [0, 0.05) is 0 Å². The van der Waals surface area contributed by atoms with Gasteiger partial charge in [0.05, 0.1) is 12.7 Å². The Bertz CT molecular complexity index is 361. The van der Waals surface area contributed by atoms with Gasteiger partial charge in [-0.05, 0) is 37.1 Å². The van der Waals surface area contributed by atoms with Crippen molar-refractivity contribution in [3.05, 3.63) is 28.8 Å². The van der Waals surface area contributed by atoms with Gasteiger partial charge in [-0.15, -0.1) is 0 Å². The molecule has 0 radical (unpaired) electrons. The van der Waals surface area contributed by atoms with Gasteiger partial charge in [0.15, 0.2) is 0 Å². The van der Waals surface area contributed by atoms with Gasteiger partial charge in [-0.2, -0.15) is 0 Å². The second-order valence-corrected chi connectivity index (χ2v) is 3.11. The topological polar surface area (TPSA) is 64.3 Å². The zero-order chi connectivity index (χ0) is 10.7. The molecule has 0 unspecified atom stereocenters. The van der Waals surface area contributed by atoms with Gasteiger partial charge in [-0.3, -0.25) is 10.2 Å². The second-order valence-electron chi connectivity index (χ2n) is 3.11. The molecule has 0 aliphatic heterocycles. The first-order valence-corrected chi connectivity index (χ1v) is 4.26. The Morgan fingerprint density at radius 2 is 1.93 bits per heavy atom. The lowest BCUT2D eigenvalue weighted by molar-refractivity contribution is 0.0950. The molecule has 1 amide bonds. The predicted octanol–water partition coefficient (Wildman–Crippen LogP) is 0.916. The smallest absolute Gasteiger partial charge is 0.268 e. The Balaban J connectivity index is 3.27. The number of hydrogen-bond donors (Lipinski definition) is 2. The van der Waals surface area contributed by atoms with Gasteiger partial charge in [0.25, 0.3) is 5.91 Å². The van der Waals surface area contributed by atoms with Crippen LogP contribution in [0.1, 0.15) is 21.5 Å². The maximum atomic E-state index is 11.3. The first-order valence-electron chi connectivity index (χ1n) is 4.26. The minimum absolute atomic E-state index is 0.343. The number of rotatable bonds is 2. The van der Waals surface area contributed by atoms with Gasteiger partial charge >= 0.3 is 0 Å². The van der Waals surface area contributed by atoms with Crippen LogP contribution in [0.15, 0.2) is 12.1 Å². The van der Waals surface area contributed by atoms with Crippen molar-refractivity contribution >= 4 is 5.91 Å². The number of methoxy groups -OCH3 is 1. The van der Waals surface area contributed by atoms with Crippen molar-refractivity contribution < 1.29 is 9.53 Å². The van der Waals surface area contributed by atoms with Crippen molar-refractivity contribution in [2.45, 2.75) is 13.8 Å². The van der Waals surface area contributed by atoms with Crippen LogP contribution in [-0.4, -0.2) is 13.0 Å². The van der Waals surface area contributed by atoms with E-state index in [9.17, 15) is 4.79 Å². The molecule has 76 valence electrons. The van der Waals surface area contributed by atoms with Crippen molar-refractivity contribution in [1.82, 2.24) is 5.43 Å². The summed E-state index contributed by atoms with van der Waals surface area (Å²) in [5, 5.41) is 0. The molecule has 1 rings (SSSR count). The van der Waals surface area contributed by atoms with E-state index < -0.39 is 0 Å². The third-order valence-electron chi connectivity index (χ3n) is 2.19. The summed E-state index contributed by atoms with van der Waals surface area (Å²) < 4.78 is 5.09. The largest absolute Gasteiger partial charge is 0.496 e. The fourth-order valence-corrected chi connectivity index (χ4v) is 1.21. The van der Waals surface area contributed by atoms with E-state index in [0.29, 0.717) is 11.3 Å². The summed E-state index contributed by atoms with van der Waals surface area (Å²) in [5.41, 5.74) is 4.65. The zero-order valence-corrected chi connectivity index (χ0v) is 8.55. The SMILES string of the molecule is COc1cc(C)c(C)cc1C(=O)NN. The van der Waals surface area contributed by atoms with Crippen molar-refractivity contribution in [2.75, 3.05) is 7.11 Å². The normalized spacial score (nSPS) is 9.71. The Morgan fingerprint density at radius 3 is 2.43 bits per heavy atom. The quantitative estimate of drug-likeness (QED) is 0.418. The molecule has 0 saturated carbocycles. The molecule has 14 heavy (non-hydrogen) atoms. The van der Waals surface area contributed by atoms with Crippen LogP contribution in [0.4, 0.5) is 0 Å². The van der Waals surface area contributed by atoms with Crippen LogP contribution in [-0.2, 0) is 0 Å². The lowest BCUT2D eigenvalue weighted by Crippen LogP contribution is -2.30. The van der Waals surface area contributed by atoms with Gasteiger partial charge < -0.3 is 4.74 Å². The summed E-state index contributed by atoms with van der Waals surface area (Å²) in [6.07, 6.45) is 0. The van der Waals surface area contributed by atoms with E-state index in [-0.39, 0.29) is 5.91 Å². The van der Waals surface area contributed by atoms with Crippen molar-refractivity contribution in [1.29, 1.82) is 0 Å². The molecule has 0 aromatic heterocycles. The van der Waals surface area contributed by atoms with E-state index in [1.54, 1.807) is 6.07 Å². The van der Waals surface area contributed by atoms with Crippen LogP contribution in [0.2, 0.25) is 0 Å². The van der Waals surface area contributed by atoms with Gasteiger partial charge in [-0.1, -0.05) is 0 Å². The fourth-order valence-electron chi connectivity index (χ4n) is 1.21. The summed E-state index contributed by atoms with van der Waals surface area (Å²) in [5.74, 6) is 5.26. The summed E-state index contributed by atoms with van der Waals surface area (Å²) >= 11 is 0. The van der Waals surface area contributed by atoms with Crippen LogP contribution >= 0.6 is 0 Å². The molecular weight excluding hydrogens is 180 g/mol. The van der Waals surface area contributed by atoms with Crippen molar-refractivity contribution in [3.63, 3.8) is 0 Å². The minimum Gasteiger partial charge on any atom is -0.496 e. The number of carbonyl (C=O) groups is 1. The predicted molar refractivity (Wildman–Crippen MR) is 54.1 cm³/mol. The van der Waals surface area contributed by atoms with Crippen molar-refractivity contribution in [2.24, 2.45) is 5.84 Å². The van der Waals surface area contributed by atoms with E-state index in [0.717, 1.165) is 11.1 Å². The number of ether oxygens (including phenoxy) is 1. The number of hydrogen-bond acceptors (Lipinski definition) is 3. The van der Waals surface area contributed by atoms with E-state index >= 15 is 0 Å². The molecule has 1 aromatic carbocycles. The first kappa shape index (κ1) is 10.5. The lowest BCUT2D eigenvalue weighted by atomic mass is 10.0. The molecule has 0 heterocycles. The highest BCUT2D eigenvalue weighted by molar-refractivity contribution is 5.96. The highest BCUT2D eigenvalue weighted by Gasteiger charge is 2.12. The van der Waals surface area contributed by atoms with Gasteiger partial charge in [0.2, 0.25) is 0 Å². The molecule has 0 saturated heterocycles. The molecule has 3 N–H and O–H groups in total. The number of benzene rings is 1. The monoisotopic (exact) mass is 194 g/mol. The van der Waals surface area contributed by atoms with E-state index in [1.807, 2.05) is 19.9 Å². The maximum Gasteiger partial charge on any atom is 0.268 e. The minimum atomic E-state index is -0.343. The molecule has 0 atom stereocenters. The molecule has 0 fully saturated rings. The van der Waals surface area contributed by atoms with Crippen LogP contribution in [0, 0.1) is 13.8 Å². The Morgan fingerprint density at radius 1 is 1.36 bits per heavy atom. The van der Waals surface area contributed by atoms with Gasteiger partial charge in [-0.25, -0.2) is 5.84 Å². The molecule has 0 aliphatic rings. The van der Waals surface area contributed by atoms with Crippen LogP contribution in [0.5, 0.6) is 5.75 Å². The number of amides is 1. The summed E-state index contributed by atoms with van der Waals surface area (Å²) in [6, 6.07) is 3.58. The number of nitrogens with one attached hydrogen (secondary N) is 1. The Kier molecular flexibility index (Phi) is 3.09. The summed E-state index contributed by atoms with van der Waals surface area (Å²) in [7, 11) is 1.53. The van der Waals surface area contributed by atoms with Crippen LogP contribution in [0.3, 0.4) is 0 Å². The molecule has 0 spiro atoms. The van der Waals surface area contributed by atoms with E-state index in [1.165, 1.54) is 7.11 Å². The molecule has 0 bridgehead atoms. The molecule has 1 aromatic rings. The lowest BCUT2D eigenvalue weighted by Gasteiger charge is -2.10. The number of aryl methyl sites for hydroxylation is 2. The third-order valence-corrected chi connectivity index (χ3v) is 2.19. The summed E-state index contributed by atoms with van der Waals surface area (Å²) in [4.78, 5) is 11.3. The average Bonchev–Trinajstić information content (AvgIpc) is 2.20. The summed E-state index contributed by atoms with van der Waals surface area (Å²) in [6.45, 7) is 3.89.